The summed E-state index contributed by atoms with van der Waals surface area (Å²) in [7, 11) is 0. The fourth-order valence-corrected chi connectivity index (χ4v) is 7.50. The third-order valence-corrected chi connectivity index (χ3v) is 9.57. The van der Waals surface area contributed by atoms with Crippen molar-refractivity contribution in [1.82, 2.24) is 4.57 Å². The summed E-state index contributed by atoms with van der Waals surface area (Å²) in [6.07, 6.45) is 0. The molecule has 0 N–H and O–H groups in total. The van der Waals surface area contributed by atoms with E-state index in [4.69, 9.17) is 4.74 Å². The van der Waals surface area contributed by atoms with Crippen molar-refractivity contribution in [3.8, 4) is 50.6 Å². The number of rotatable bonds is 3. The van der Waals surface area contributed by atoms with Crippen molar-refractivity contribution in [2.45, 2.75) is 0 Å². The molecule has 0 bridgehead atoms. The van der Waals surface area contributed by atoms with Crippen molar-refractivity contribution in [3.05, 3.63) is 164 Å². The maximum absolute atomic E-state index is 6.37. The van der Waals surface area contributed by atoms with Crippen LogP contribution in [0.4, 0.5) is 0 Å². The zero-order valence-corrected chi connectivity index (χ0v) is 24.9. The van der Waals surface area contributed by atoms with E-state index in [0.29, 0.717) is 0 Å². The summed E-state index contributed by atoms with van der Waals surface area (Å²) >= 11 is 0. The van der Waals surface area contributed by atoms with Crippen molar-refractivity contribution < 1.29 is 4.74 Å². The van der Waals surface area contributed by atoms with Crippen molar-refractivity contribution >= 4 is 43.4 Å². The van der Waals surface area contributed by atoms with Crippen LogP contribution in [0.15, 0.2) is 164 Å². The van der Waals surface area contributed by atoms with E-state index >= 15 is 0 Å². The van der Waals surface area contributed by atoms with Gasteiger partial charge >= 0.3 is 0 Å². The summed E-state index contributed by atoms with van der Waals surface area (Å²) in [5, 5.41) is 7.39. The number of nitrogens with zero attached hydrogens (tertiary/aromatic N) is 1. The molecule has 0 fully saturated rings. The van der Waals surface area contributed by atoms with Crippen LogP contribution in [-0.4, -0.2) is 4.57 Å². The van der Waals surface area contributed by atoms with Crippen molar-refractivity contribution in [2.24, 2.45) is 0 Å². The molecule has 9 aromatic rings. The topological polar surface area (TPSA) is 14.2 Å². The summed E-state index contributed by atoms with van der Waals surface area (Å²) < 4.78 is 8.79. The molecule has 10 rings (SSSR count). The molecule has 0 amide bonds. The predicted octanol–water partition coefficient (Wildman–Crippen LogP) is 12.2. The smallest absolute Gasteiger partial charge is 0.135 e. The second kappa shape index (κ2) is 9.69. The Balaban J connectivity index is 1.17. The van der Waals surface area contributed by atoms with Gasteiger partial charge in [-0.1, -0.05) is 121 Å². The van der Waals surface area contributed by atoms with Gasteiger partial charge in [0.25, 0.3) is 0 Å². The van der Waals surface area contributed by atoms with Gasteiger partial charge in [-0.3, -0.25) is 0 Å². The maximum atomic E-state index is 6.37. The average molecular weight is 586 g/mol. The van der Waals surface area contributed by atoms with Crippen LogP contribution in [0.5, 0.6) is 11.5 Å². The quantitative estimate of drug-likeness (QED) is 0.201. The van der Waals surface area contributed by atoms with Crippen molar-refractivity contribution in [2.75, 3.05) is 0 Å². The van der Waals surface area contributed by atoms with E-state index in [-0.39, 0.29) is 0 Å². The molecule has 0 unspecified atom stereocenters. The summed E-state index contributed by atoms with van der Waals surface area (Å²) in [5.41, 5.74) is 10.8. The van der Waals surface area contributed by atoms with Crippen molar-refractivity contribution in [1.29, 1.82) is 0 Å². The molecule has 1 aromatic heterocycles. The fourth-order valence-electron chi connectivity index (χ4n) is 7.50. The molecule has 46 heavy (non-hydrogen) atoms. The highest BCUT2D eigenvalue weighted by Crippen LogP contribution is 2.48. The Morgan fingerprint density at radius 2 is 1.13 bits per heavy atom. The molecule has 0 saturated carbocycles. The lowest BCUT2D eigenvalue weighted by atomic mass is 9.89. The zero-order chi connectivity index (χ0) is 30.2. The van der Waals surface area contributed by atoms with Crippen LogP contribution in [0.2, 0.25) is 0 Å². The molecular weight excluding hydrogens is 558 g/mol. The predicted molar refractivity (Wildman–Crippen MR) is 192 cm³/mol. The summed E-state index contributed by atoms with van der Waals surface area (Å²) in [6.45, 7) is 0. The first kappa shape index (κ1) is 25.2. The number of hydrogen-bond donors (Lipinski definition) is 0. The molecule has 0 radical (unpaired) electrons. The minimum absolute atomic E-state index is 0.911. The second-order valence-electron chi connectivity index (χ2n) is 12.1. The van der Waals surface area contributed by atoms with Crippen LogP contribution >= 0.6 is 0 Å². The van der Waals surface area contributed by atoms with Crippen LogP contribution in [0, 0.1) is 0 Å². The summed E-state index contributed by atoms with van der Waals surface area (Å²) in [4.78, 5) is 0. The fraction of sp³-hybridized carbons (Fsp3) is 0. The van der Waals surface area contributed by atoms with Gasteiger partial charge in [0.1, 0.15) is 11.5 Å². The van der Waals surface area contributed by atoms with E-state index in [2.05, 4.69) is 156 Å². The third-order valence-electron chi connectivity index (χ3n) is 9.57. The molecule has 1 aliphatic rings. The Labute approximate surface area is 266 Å². The van der Waals surface area contributed by atoms with E-state index < -0.39 is 0 Å². The molecule has 8 aromatic carbocycles. The number of aromatic nitrogens is 1. The second-order valence-corrected chi connectivity index (χ2v) is 12.1. The van der Waals surface area contributed by atoms with E-state index in [1.165, 1.54) is 76.9 Å². The molecule has 0 aliphatic carbocycles. The molecule has 1 aliphatic heterocycles. The monoisotopic (exact) mass is 585 g/mol. The Bertz CT molecular complexity index is 2660. The largest absolute Gasteiger partial charge is 0.456 e. The summed E-state index contributed by atoms with van der Waals surface area (Å²) in [5.74, 6) is 1.82. The van der Waals surface area contributed by atoms with Gasteiger partial charge in [0, 0.05) is 32.8 Å². The lowest BCUT2D eigenvalue weighted by molar-refractivity contribution is 0.487. The molecule has 214 valence electrons. The Morgan fingerprint density at radius 1 is 0.391 bits per heavy atom. The normalized spacial score (nSPS) is 12.1. The van der Waals surface area contributed by atoms with Gasteiger partial charge in [0.15, 0.2) is 0 Å². The van der Waals surface area contributed by atoms with Crippen molar-refractivity contribution in [3.63, 3.8) is 0 Å². The molecule has 0 saturated heterocycles. The van der Waals surface area contributed by atoms with Crippen LogP contribution in [0.1, 0.15) is 0 Å². The standard InChI is InChI=1S/C44H27NO/c1-2-12-32(13-3-1)45-40-18-6-4-14-34(40)38-23-22-28-20-21-30(27-39(28)44(38)45)29-10-8-11-31(26-29)33-24-25-42-43-36(33)16-9-17-37(43)35-15-5-7-19-41(35)46-42/h1-27H. The minimum Gasteiger partial charge on any atom is -0.456 e. The number of fused-ring (bicyclic) bond motifs is 7. The third kappa shape index (κ3) is 3.65. The first-order chi connectivity index (χ1) is 22.8. The van der Waals surface area contributed by atoms with Crippen LogP contribution in [-0.2, 0) is 0 Å². The molecule has 0 spiro atoms. The number of benzene rings is 8. The first-order valence-electron chi connectivity index (χ1n) is 15.8. The minimum atomic E-state index is 0.911. The Hall–Kier alpha value is -6.12. The molecule has 0 atom stereocenters. The Kier molecular flexibility index (Phi) is 5.31. The SMILES string of the molecule is c1ccc(-n2c3ccccc3c3ccc4ccc(-c5cccc(-c6ccc7c8c(cccc68)-c6ccccc6O7)c5)cc4c32)cc1. The Morgan fingerprint density at radius 3 is 2.09 bits per heavy atom. The van der Waals surface area contributed by atoms with Gasteiger partial charge < -0.3 is 9.30 Å². The average Bonchev–Trinajstić information content (AvgIpc) is 3.47. The number of para-hydroxylation sites is 3. The number of ether oxygens (including phenoxy) is 1. The molecule has 2 nitrogen and oxygen atoms in total. The highest BCUT2D eigenvalue weighted by Gasteiger charge is 2.21. The van der Waals surface area contributed by atoms with Gasteiger partial charge in [0.2, 0.25) is 0 Å². The lowest BCUT2D eigenvalue weighted by Crippen LogP contribution is -1.97. The summed E-state index contributed by atoms with van der Waals surface area (Å²) in [6, 6.07) is 59.0. The van der Waals surface area contributed by atoms with Crippen LogP contribution < -0.4 is 4.74 Å². The van der Waals surface area contributed by atoms with E-state index in [1.807, 2.05) is 12.1 Å². The zero-order valence-electron chi connectivity index (χ0n) is 24.9. The van der Waals surface area contributed by atoms with Crippen LogP contribution in [0.25, 0.3) is 82.4 Å². The maximum Gasteiger partial charge on any atom is 0.135 e. The van der Waals surface area contributed by atoms with E-state index in [0.717, 1.165) is 17.1 Å². The first-order valence-corrected chi connectivity index (χ1v) is 15.8. The van der Waals surface area contributed by atoms with Gasteiger partial charge in [-0.05, 0) is 81.1 Å². The van der Waals surface area contributed by atoms with Crippen LogP contribution in [0.3, 0.4) is 0 Å². The highest BCUT2D eigenvalue weighted by atomic mass is 16.5. The molecule has 2 heteroatoms. The molecule has 2 heterocycles. The molecular formula is C44H27NO. The van der Waals surface area contributed by atoms with Gasteiger partial charge in [-0.25, -0.2) is 0 Å². The van der Waals surface area contributed by atoms with Gasteiger partial charge in [0.05, 0.1) is 11.0 Å². The highest BCUT2D eigenvalue weighted by molar-refractivity contribution is 6.19. The van der Waals surface area contributed by atoms with E-state index in [9.17, 15) is 0 Å². The number of hydrogen-bond acceptors (Lipinski definition) is 1. The van der Waals surface area contributed by atoms with Gasteiger partial charge in [-0.15, -0.1) is 0 Å². The lowest BCUT2D eigenvalue weighted by Gasteiger charge is -2.22. The van der Waals surface area contributed by atoms with E-state index in [1.54, 1.807) is 0 Å². The van der Waals surface area contributed by atoms with Gasteiger partial charge in [-0.2, -0.15) is 0 Å².